The highest BCUT2D eigenvalue weighted by Gasteiger charge is 2.12. The van der Waals surface area contributed by atoms with Crippen molar-refractivity contribution >= 4 is 0 Å². The van der Waals surface area contributed by atoms with Crippen LogP contribution < -0.4 is 5.32 Å². The smallest absolute Gasteiger partial charge is 0.0697 e. The van der Waals surface area contributed by atoms with Gasteiger partial charge >= 0.3 is 0 Å². The molecule has 0 aromatic rings. The van der Waals surface area contributed by atoms with E-state index in [4.69, 9.17) is 4.74 Å². The SMILES string of the molecule is CCC(CNC(C)(C)C)OCCCN(C)C. The molecule has 0 aromatic carbocycles. The van der Waals surface area contributed by atoms with Crippen LogP contribution in [-0.4, -0.2) is 50.3 Å². The summed E-state index contributed by atoms with van der Waals surface area (Å²) in [5.41, 5.74) is 0.181. The second-order valence-corrected chi connectivity index (χ2v) is 5.69. The Bertz CT molecular complexity index is 164. The zero-order valence-electron chi connectivity index (χ0n) is 12.0. The molecule has 0 saturated carbocycles. The van der Waals surface area contributed by atoms with E-state index in [0.717, 1.165) is 32.5 Å². The fraction of sp³-hybridized carbons (Fsp3) is 1.00. The normalized spacial score (nSPS) is 14.4. The van der Waals surface area contributed by atoms with Crippen LogP contribution in [-0.2, 0) is 4.74 Å². The summed E-state index contributed by atoms with van der Waals surface area (Å²) in [6, 6.07) is 0. The zero-order valence-corrected chi connectivity index (χ0v) is 12.0. The number of rotatable bonds is 8. The van der Waals surface area contributed by atoms with E-state index in [-0.39, 0.29) is 5.54 Å². The molecule has 0 radical (unpaired) electrons. The summed E-state index contributed by atoms with van der Waals surface area (Å²) in [5.74, 6) is 0. The van der Waals surface area contributed by atoms with Crippen LogP contribution in [0.25, 0.3) is 0 Å². The Morgan fingerprint density at radius 3 is 2.31 bits per heavy atom. The lowest BCUT2D eigenvalue weighted by molar-refractivity contribution is 0.0425. The predicted molar refractivity (Wildman–Crippen MR) is 71.0 cm³/mol. The molecule has 3 heteroatoms. The van der Waals surface area contributed by atoms with Gasteiger partial charge < -0.3 is 15.0 Å². The minimum absolute atomic E-state index is 0.181. The highest BCUT2D eigenvalue weighted by atomic mass is 16.5. The highest BCUT2D eigenvalue weighted by Crippen LogP contribution is 2.03. The van der Waals surface area contributed by atoms with E-state index in [9.17, 15) is 0 Å². The number of ether oxygens (including phenoxy) is 1. The van der Waals surface area contributed by atoms with Gasteiger partial charge in [0.25, 0.3) is 0 Å². The first-order valence-electron chi connectivity index (χ1n) is 6.36. The van der Waals surface area contributed by atoms with E-state index in [1.165, 1.54) is 0 Å². The molecular formula is C13H30N2O. The van der Waals surface area contributed by atoms with Gasteiger partial charge in [0.05, 0.1) is 6.10 Å². The average molecular weight is 230 g/mol. The van der Waals surface area contributed by atoms with Crippen molar-refractivity contribution in [1.82, 2.24) is 10.2 Å². The van der Waals surface area contributed by atoms with Crippen LogP contribution >= 0.6 is 0 Å². The first kappa shape index (κ1) is 15.9. The van der Waals surface area contributed by atoms with Crippen molar-refractivity contribution in [3.8, 4) is 0 Å². The van der Waals surface area contributed by atoms with Crippen LogP contribution in [0.2, 0.25) is 0 Å². The summed E-state index contributed by atoms with van der Waals surface area (Å²) in [5, 5.41) is 3.49. The Labute approximate surface area is 102 Å². The molecular weight excluding hydrogens is 200 g/mol. The third-order valence-electron chi connectivity index (χ3n) is 2.42. The quantitative estimate of drug-likeness (QED) is 0.646. The summed E-state index contributed by atoms with van der Waals surface area (Å²) < 4.78 is 5.85. The standard InChI is InChI=1S/C13H30N2O/c1-7-12(11-14-13(2,3)4)16-10-8-9-15(5)6/h12,14H,7-11H2,1-6H3. The molecule has 0 aliphatic carbocycles. The largest absolute Gasteiger partial charge is 0.377 e. The van der Waals surface area contributed by atoms with Gasteiger partial charge in [0.1, 0.15) is 0 Å². The van der Waals surface area contributed by atoms with Crippen LogP contribution in [0.1, 0.15) is 40.5 Å². The van der Waals surface area contributed by atoms with Crippen molar-refractivity contribution in [3.63, 3.8) is 0 Å². The first-order chi connectivity index (χ1) is 7.35. The van der Waals surface area contributed by atoms with Gasteiger partial charge in [-0.3, -0.25) is 0 Å². The van der Waals surface area contributed by atoms with Gasteiger partial charge in [-0.1, -0.05) is 6.92 Å². The van der Waals surface area contributed by atoms with Crippen LogP contribution in [0.3, 0.4) is 0 Å². The maximum absolute atomic E-state index is 5.85. The van der Waals surface area contributed by atoms with E-state index in [1.807, 2.05) is 0 Å². The molecule has 0 saturated heterocycles. The molecule has 1 N–H and O–H groups in total. The fourth-order valence-electron chi connectivity index (χ4n) is 1.37. The summed E-state index contributed by atoms with van der Waals surface area (Å²) >= 11 is 0. The number of nitrogens with zero attached hydrogens (tertiary/aromatic N) is 1. The average Bonchev–Trinajstić information content (AvgIpc) is 2.15. The molecule has 0 fully saturated rings. The molecule has 0 heterocycles. The maximum atomic E-state index is 5.85. The van der Waals surface area contributed by atoms with Crippen LogP contribution in [0, 0.1) is 0 Å². The van der Waals surface area contributed by atoms with E-state index >= 15 is 0 Å². The van der Waals surface area contributed by atoms with Gasteiger partial charge in [-0.05, 0) is 54.3 Å². The molecule has 3 nitrogen and oxygen atoms in total. The minimum atomic E-state index is 0.181. The Morgan fingerprint density at radius 1 is 1.25 bits per heavy atom. The van der Waals surface area contributed by atoms with Gasteiger partial charge in [-0.15, -0.1) is 0 Å². The number of hydrogen-bond acceptors (Lipinski definition) is 3. The van der Waals surface area contributed by atoms with Crippen molar-refractivity contribution < 1.29 is 4.74 Å². The molecule has 0 spiro atoms. The van der Waals surface area contributed by atoms with E-state index in [0.29, 0.717) is 6.10 Å². The Hall–Kier alpha value is -0.120. The summed E-state index contributed by atoms with van der Waals surface area (Å²) in [4.78, 5) is 2.19. The van der Waals surface area contributed by atoms with E-state index in [2.05, 4.69) is 52.0 Å². The van der Waals surface area contributed by atoms with Gasteiger partial charge in [-0.25, -0.2) is 0 Å². The van der Waals surface area contributed by atoms with Crippen LogP contribution in [0.5, 0.6) is 0 Å². The van der Waals surface area contributed by atoms with Gasteiger partial charge in [-0.2, -0.15) is 0 Å². The van der Waals surface area contributed by atoms with Gasteiger partial charge in [0.15, 0.2) is 0 Å². The van der Waals surface area contributed by atoms with Crippen molar-refractivity contribution in [2.24, 2.45) is 0 Å². The fourth-order valence-corrected chi connectivity index (χ4v) is 1.37. The second kappa shape index (κ2) is 8.04. The number of hydrogen-bond donors (Lipinski definition) is 1. The van der Waals surface area contributed by atoms with E-state index in [1.54, 1.807) is 0 Å². The second-order valence-electron chi connectivity index (χ2n) is 5.69. The lowest BCUT2D eigenvalue weighted by Gasteiger charge is -2.25. The third kappa shape index (κ3) is 10.4. The van der Waals surface area contributed by atoms with Gasteiger partial charge in [0.2, 0.25) is 0 Å². The van der Waals surface area contributed by atoms with Gasteiger partial charge in [0, 0.05) is 18.7 Å². The van der Waals surface area contributed by atoms with Crippen molar-refractivity contribution in [1.29, 1.82) is 0 Å². The van der Waals surface area contributed by atoms with Crippen LogP contribution in [0.4, 0.5) is 0 Å². The molecule has 98 valence electrons. The topological polar surface area (TPSA) is 24.5 Å². The molecule has 0 bridgehead atoms. The Balaban J connectivity index is 3.59. The van der Waals surface area contributed by atoms with Crippen molar-refractivity contribution in [3.05, 3.63) is 0 Å². The maximum Gasteiger partial charge on any atom is 0.0697 e. The lowest BCUT2D eigenvalue weighted by Crippen LogP contribution is -2.41. The van der Waals surface area contributed by atoms with Crippen LogP contribution in [0.15, 0.2) is 0 Å². The first-order valence-corrected chi connectivity index (χ1v) is 6.36. The summed E-state index contributed by atoms with van der Waals surface area (Å²) in [7, 11) is 4.19. The lowest BCUT2D eigenvalue weighted by atomic mass is 10.1. The zero-order chi connectivity index (χ0) is 12.6. The summed E-state index contributed by atoms with van der Waals surface area (Å²) in [6.07, 6.45) is 2.53. The molecule has 16 heavy (non-hydrogen) atoms. The molecule has 0 aliphatic rings. The molecule has 0 amide bonds. The van der Waals surface area contributed by atoms with Crippen molar-refractivity contribution in [2.75, 3.05) is 33.8 Å². The minimum Gasteiger partial charge on any atom is -0.377 e. The molecule has 0 aromatic heterocycles. The monoisotopic (exact) mass is 230 g/mol. The Kier molecular flexibility index (Phi) is 7.98. The Morgan fingerprint density at radius 2 is 1.88 bits per heavy atom. The van der Waals surface area contributed by atoms with Crippen molar-refractivity contribution in [2.45, 2.75) is 52.2 Å². The highest BCUT2D eigenvalue weighted by molar-refractivity contribution is 4.73. The summed E-state index contributed by atoms with van der Waals surface area (Å²) in [6.45, 7) is 11.7. The third-order valence-corrected chi connectivity index (χ3v) is 2.42. The van der Waals surface area contributed by atoms with E-state index < -0.39 is 0 Å². The molecule has 0 rings (SSSR count). The predicted octanol–water partition coefficient (Wildman–Crippen LogP) is 2.12. The molecule has 1 atom stereocenters. The molecule has 1 unspecified atom stereocenters. The number of nitrogens with one attached hydrogen (secondary N) is 1. The molecule has 0 aliphatic heterocycles.